The molecule has 0 aliphatic heterocycles. The van der Waals surface area contributed by atoms with Crippen LogP contribution in [0.3, 0.4) is 0 Å². The summed E-state index contributed by atoms with van der Waals surface area (Å²) in [5.74, 6) is 0. The molecule has 0 atom stereocenters. The summed E-state index contributed by atoms with van der Waals surface area (Å²) >= 11 is 10.7. The molecule has 1 nitrogen and oxygen atoms in total. The van der Waals surface area contributed by atoms with Crippen molar-refractivity contribution in [2.24, 2.45) is 0 Å². The van der Waals surface area contributed by atoms with Crippen LogP contribution in [0, 0.1) is 6.92 Å². The zero-order valence-corrected chi connectivity index (χ0v) is 15.9. The van der Waals surface area contributed by atoms with Crippen molar-refractivity contribution in [3.05, 3.63) is 63.6 Å². The second-order valence-electron chi connectivity index (χ2n) is 4.65. The van der Waals surface area contributed by atoms with Crippen molar-refractivity contribution < 1.29 is 0 Å². The molecule has 104 valence electrons. The number of para-hydroxylation sites is 1. The molecule has 2 aromatic rings. The van der Waals surface area contributed by atoms with E-state index in [0.29, 0.717) is 4.36 Å². The number of benzene rings is 2. The molecule has 20 heavy (non-hydrogen) atoms. The standard InChI is InChI=1S/C15H15BBr3N/c1-11-5-4-8-14(17)15(11)20-10-13-7-3-2-6-12(13)9-16(18)19/h2-8,20H,9-10H2,1H3. The van der Waals surface area contributed by atoms with E-state index in [1.54, 1.807) is 0 Å². The number of hydrogen-bond donors (Lipinski definition) is 1. The van der Waals surface area contributed by atoms with Gasteiger partial charge < -0.3 is 5.32 Å². The lowest BCUT2D eigenvalue weighted by Crippen LogP contribution is -2.07. The highest BCUT2D eigenvalue weighted by Gasteiger charge is 2.10. The Kier molecular flexibility index (Phi) is 6.18. The minimum absolute atomic E-state index is 0.307. The first-order chi connectivity index (χ1) is 9.58. The van der Waals surface area contributed by atoms with Crippen LogP contribution in [0.5, 0.6) is 0 Å². The third-order valence-electron chi connectivity index (χ3n) is 3.17. The second-order valence-corrected chi connectivity index (χ2v) is 8.94. The lowest BCUT2D eigenvalue weighted by Gasteiger charge is -2.14. The van der Waals surface area contributed by atoms with E-state index in [0.717, 1.165) is 23.0 Å². The van der Waals surface area contributed by atoms with E-state index in [1.165, 1.54) is 16.7 Å². The molecule has 0 aliphatic carbocycles. The van der Waals surface area contributed by atoms with Gasteiger partial charge in [0, 0.05) is 11.0 Å². The van der Waals surface area contributed by atoms with Gasteiger partial charge in [0.05, 0.1) is 5.69 Å². The van der Waals surface area contributed by atoms with E-state index in [4.69, 9.17) is 0 Å². The predicted molar refractivity (Wildman–Crippen MR) is 100.0 cm³/mol. The summed E-state index contributed by atoms with van der Waals surface area (Å²) in [6.07, 6.45) is 0.965. The summed E-state index contributed by atoms with van der Waals surface area (Å²) in [7, 11) is 0. The van der Waals surface area contributed by atoms with Gasteiger partial charge in [-0.1, -0.05) is 36.4 Å². The molecular formula is C15H15BBr3N. The Morgan fingerprint density at radius 1 is 1.00 bits per heavy atom. The molecule has 0 unspecified atom stereocenters. The van der Waals surface area contributed by atoms with Gasteiger partial charge in [0.15, 0.2) is 0 Å². The zero-order valence-electron chi connectivity index (χ0n) is 11.2. The van der Waals surface area contributed by atoms with E-state index in [9.17, 15) is 0 Å². The molecule has 1 N–H and O–H groups in total. The van der Waals surface area contributed by atoms with Gasteiger partial charge in [-0.2, -0.15) is 0 Å². The molecule has 2 aromatic carbocycles. The Hall–Kier alpha value is -0.255. The first-order valence-corrected chi connectivity index (χ1v) is 9.04. The minimum atomic E-state index is 0.307. The normalized spacial score (nSPS) is 10.4. The molecule has 0 aromatic heterocycles. The Morgan fingerprint density at radius 3 is 2.35 bits per heavy atom. The number of aryl methyl sites for hydroxylation is 1. The van der Waals surface area contributed by atoms with Crippen molar-refractivity contribution in [3.8, 4) is 0 Å². The summed E-state index contributed by atoms with van der Waals surface area (Å²) in [6, 6.07) is 14.8. The van der Waals surface area contributed by atoms with Crippen LogP contribution in [-0.4, -0.2) is 4.36 Å². The molecular weight excluding hydrogens is 445 g/mol. The molecule has 0 spiro atoms. The molecule has 0 radical (unpaired) electrons. The average Bonchev–Trinajstić information content (AvgIpc) is 2.39. The molecule has 0 bridgehead atoms. The molecule has 0 aliphatic rings. The van der Waals surface area contributed by atoms with Crippen molar-refractivity contribution >= 4 is 57.5 Å². The van der Waals surface area contributed by atoms with Crippen LogP contribution in [0.25, 0.3) is 0 Å². The van der Waals surface area contributed by atoms with Gasteiger partial charge in [-0.25, -0.2) is 0 Å². The largest absolute Gasteiger partial charge is 0.380 e. The monoisotopic (exact) mass is 457 g/mol. The van der Waals surface area contributed by atoms with E-state index >= 15 is 0 Å². The predicted octanol–water partition coefficient (Wildman–Crippen LogP) is 5.73. The van der Waals surface area contributed by atoms with Gasteiger partial charge >= 0.3 is 4.36 Å². The van der Waals surface area contributed by atoms with Crippen molar-refractivity contribution in [3.63, 3.8) is 0 Å². The Labute approximate surface area is 145 Å². The highest BCUT2D eigenvalue weighted by Crippen LogP contribution is 2.27. The van der Waals surface area contributed by atoms with Crippen LogP contribution in [0.2, 0.25) is 0 Å². The maximum Gasteiger partial charge on any atom is 0.302 e. The van der Waals surface area contributed by atoms with Gasteiger partial charge in [0.1, 0.15) is 0 Å². The van der Waals surface area contributed by atoms with Crippen molar-refractivity contribution in [1.82, 2.24) is 0 Å². The molecule has 5 heteroatoms. The van der Waals surface area contributed by atoms with Gasteiger partial charge in [0.2, 0.25) is 0 Å². The summed E-state index contributed by atoms with van der Waals surface area (Å²) in [6.45, 7) is 2.94. The number of anilines is 1. The Morgan fingerprint density at radius 2 is 1.70 bits per heavy atom. The number of rotatable bonds is 5. The summed E-state index contributed by atoms with van der Waals surface area (Å²) < 4.78 is 1.41. The van der Waals surface area contributed by atoms with Crippen molar-refractivity contribution in [2.45, 2.75) is 19.8 Å². The summed E-state index contributed by atoms with van der Waals surface area (Å²) in [5.41, 5.74) is 5.09. The zero-order chi connectivity index (χ0) is 14.5. The average molecular weight is 460 g/mol. The summed E-state index contributed by atoms with van der Waals surface area (Å²) in [5, 5.41) is 3.53. The molecule has 0 amide bonds. The Bertz CT molecular complexity index is 567. The lowest BCUT2D eigenvalue weighted by atomic mass is 9.92. The van der Waals surface area contributed by atoms with Gasteiger partial charge in [0.25, 0.3) is 0 Å². The molecule has 2 rings (SSSR count). The molecule has 0 saturated carbocycles. The van der Waals surface area contributed by atoms with Crippen LogP contribution in [0.15, 0.2) is 46.9 Å². The smallest absolute Gasteiger partial charge is 0.302 e. The van der Waals surface area contributed by atoms with Gasteiger partial charge in [-0.3, -0.25) is 0 Å². The fraction of sp³-hybridized carbons (Fsp3) is 0.200. The van der Waals surface area contributed by atoms with Crippen LogP contribution >= 0.6 is 47.4 Å². The molecule has 0 heterocycles. The van der Waals surface area contributed by atoms with Crippen molar-refractivity contribution in [2.75, 3.05) is 5.32 Å². The first kappa shape index (κ1) is 16.1. The van der Waals surface area contributed by atoms with Crippen LogP contribution in [0.4, 0.5) is 5.69 Å². The number of nitrogens with one attached hydrogen (secondary N) is 1. The Balaban J connectivity index is 2.15. The topological polar surface area (TPSA) is 12.0 Å². The lowest BCUT2D eigenvalue weighted by molar-refractivity contribution is 1.10. The van der Waals surface area contributed by atoms with Crippen LogP contribution in [-0.2, 0) is 12.9 Å². The third kappa shape index (κ3) is 4.37. The van der Waals surface area contributed by atoms with E-state index < -0.39 is 0 Å². The van der Waals surface area contributed by atoms with E-state index in [2.05, 4.69) is 102 Å². The molecule has 0 fully saturated rings. The fourth-order valence-electron chi connectivity index (χ4n) is 2.13. The van der Waals surface area contributed by atoms with Crippen molar-refractivity contribution in [1.29, 1.82) is 0 Å². The second kappa shape index (κ2) is 7.67. The first-order valence-electron chi connectivity index (χ1n) is 6.42. The van der Waals surface area contributed by atoms with Gasteiger partial charge in [-0.05, 0) is 51.9 Å². The number of hydrogen-bond acceptors (Lipinski definition) is 1. The SMILES string of the molecule is Cc1cccc(Br)c1NCc1ccccc1CB(Br)Br. The maximum absolute atomic E-state index is 3.60. The van der Waals surface area contributed by atoms with Crippen LogP contribution in [0.1, 0.15) is 16.7 Å². The van der Waals surface area contributed by atoms with E-state index in [1.807, 2.05) is 0 Å². The molecule has 0 saturated heterocycles. The minimum Gasteiger partial charge on any atom is -0.380 e. The third-order valence-corrected chi connectivity index (χ3v) is 4.48. The highest BCUT2D eigenvalue weighted by atomic mass is 79.9. The fourth-order valence-corrected chi connectivity index (χ4v) is 3.44. The van der Waals surface area contributed by atoms with Gasteiger partial charge in [-0.15, -0.1) is 31.5 Å². The maximum atomic E-state index is 3.60. The highest BCUT2D eigenvalue weighted by molar-refractivity contribution is 9.49. The summed E-state index contributed by atoms with van der Waals surface area (Å²) in [4.78, 5) is 0. The van der Waals surface area contributed by atoms with E-state index in [-0.39, 0.29) is 0 Å². The van der Waals surface area contributed by atoms with Crippen LogP contribution < -0.4 is 5.32 Å². The number of halogens is 3. The quantitative estimate of drug-likeness (QED) is 0.563.